The van der Waals surface area contributed by atoms with Crippen molar-refractivity contribution >= 4 is 41.4 Å². The lowest BCUT2D eigenvalue weighted by Gasteiger charge is -2.44. The van der Waals surface area contributed by atoms with Crippen LogP contribution < -0.4 is 0 Å². The third-order valence-corrected chi connectivity index (χ3v) is 4.83. The Morgan fingerprint density at radius 1 is 0.759 bits per heavy atom. The zero-order valence-electron chi connectivity index (χ0n) is 17.0. The summed E-state index contributed by atoms with van der Waals surface area (Å²) in [5, 5.41) is 0. The number of rotatable bonds is 9. The van der Waals surface area contributed by atoms with Gasteiger partial charge in [-0.05, 0) is 6.92 Å². The fraction of sp³-hybridized carbons (Fsp3) is 0.722. The average Bonchev–Trinajstić information content (AvgIpc) is 2.56. The Hall–Kier alpha value is -2.14. The molecule has 5 atom stereocenters. The number of ether oxygens (including phenoxy) is 5. The van der Waals surface area contributed by atoms with Crippen molar-refractivity contribution in [1.82, 2.24) is 0 Å². The molecular formula is C18H26O10S. The highest BCUT2D eigenvalue weighted by molar-refractivity contribution is 7.99. The van der Waals surface area contributed by atoms with E-state index in [2.05, 4.69) is 0 Å². The SMILES string of the molecule is CC(=O)CCS[C@@H]1O[C@H](COC(C)=O)[C@@H](OC(C)=O)[C@H](OC(C)=O)[C@H]1OC(C)=O. The number of carbonyl (C=O) groups is 5. The van der Waals surface area contributed by atoms with E-state index in [-0.39, 0.29) is 18.8 Å². The van der Waals surface area contributed by atoms with E-state index in [1.165, 1.54) is 32.5 Å². The molecule has 10 nitrogen and oxygen atoms in total. The molecule has 0 unspecified atom stereocenters. The summed E-state index contributed by atoms with van der Waals surface area (Å²) in [6.07, 6.45) is -4.20. The Balaban J connectivity index is 3.22. The molecule has 0 bridgehead atoms. The van der Waals surface area contributed by atoms with E-state index in [4.69, 9.17) is 23.7 Å². The lowest BCUT2D eigenvalue weighted by molar-refractivity contribution is -0.237. The summed E-state index contributed by atoms with van der Waals surface area (Å²) in [4.78, 5) is 57.4. The second kappa shape index (κ2) is 11.8. The van der Waals surface area contributed by atoms with Crippen molar-refractivity contribution in [3.63, 3.8) is 0 Å². The van der Waals surface area contributed by atoms with E-state index in [1.807, 2.05) is 0 Å². The number of hydrogen-bond donors (Lipinski definition) is 0. The van der Waals surface area contributed by atoms with Crippen molar-refractivity contribution in [2.45, 2.75) is 70.9 Å². The highest BCUT2D eigenvalue weighted by Gasteiger charge is 2.52. The zero-order valence-corrected chi connectivity index (χ0v) is 17.8. The van der Waals surface area contributed by atoms with Gasteiger partial charge in [-0.15, -0.1) is 11.8 Å². The van der Waals surface area contributed by atoms with Crippen molar-refractivity contribution in [3.05, 3.63) is 0 Å². The van der Waals surface area contributed by atoms with E-state index in [0.29, 0.717) is 5.75 Å². The molecule has 0 aromatic carbocycles. The van der Waals surface area contributed by atoms with Crippen LogP contribution in [0.5, 0.6) is 0 Å². The van der Waals surface area contributed by atoms with Crippen LogP contribution in [-0.4, -0.2) is 71.9 Å². The van der Waals surface area contributed by atoms with Gasteiger partial charge in [0.25, 0.3) is 0 Å². The van der Waals surface area contributed by atoms with Crippen molar-refractivity contribution in [1.29, 1.82) is 0 Å². The average molecular weight is 434 g/mol. The maximum atomic E-state index is 11.7. The van der Waals surface area contributed by atoms with Crippen LogP contribution in [0.25, 0.3) is 0 Å². The van der Waals surface area contributed by atoms with Crippen LogP contribution in [0.2, 0.25) is 0 Å². The minimum Gasteiger partial charge on any atom is -0.463 e. The van der Waals surface area contributed by atoms with Crippen LogP contribution in [0.1, 0.15) is 41.0 Å². The van der Waals surface area contributed by atoms with Crippen molar-refractivity contribution in [3.8, 4) is 0 Å². The van der Waals surface area contributed by atoms with Gasteiger partial charge in [0.1, 0.15) is 23.9 Å². The largest absolute Gasteiger partial charge is 0.463 e. The van der Waals surface area contributed by atoms with Gasteiger partial charge >= 0.3 is 23.9 Å². The molecule has 0 aromatic heterocycles. The van der Waals surface area contributed by atoms with Crippen LogP contribution >= 0.6 is 11.8 Å². The zero-order chi connectivity index (χ0) is 22.1. The van der Waals surface area contributed by atoms with Gasteiger partial charge in [0.15, 0.2) is 18.3 Å². The van der Waals surface area contributed by atoms with Gasteiger partial charge in [0, 0.05) is 39.9 Å². The quantitative estimate of drug-likeness (QED) is 0.377. The summed E-state index contributed by atoms with van der Waals surface area (Å²) in [6, 6.07) is 0. The number of Topliss-reactive ketones (excluding diaryl/α,β-unsaturated/α-hetero) is 1. The van der Waals surface area contributed by atoms with E-state index in [9.17, 15) is 24.0 Å². The molecule has 0 amide bonds. The highest BCUT2D eigenvalue weighted by atomic mass is 32.2. The van der Waals surface area contributed by atoms with Crippen molar-refractivity contribution in [2.24, 2.45) is 0 Å². The van der Waals surface area contributed by atoms with Gasteiger partial charge in [-0.1, -0.05) is 0 Å². The summed E-state index contributed by atoms with van der Waals surface area (Å²) in [6.45, 7) is 5.85. The fourth-order valence-corrected chi connectivity index (χ4v) is 3.90. The second-order valence-electron chi connectivity index (χ2n) is 6.39. The maximum absolute atomic E-state index is 11.7. The third-order valence-electron chi connectivity index (χ3n) is 3.68. The molecule has 164 valence electrons. The molecule has 11 heteroatoms. The topological polar surface area (TPSA) is 132 Å². The molecule has 0 radical (unpaired) electrons. The van der Waals surface area contributed by atoms with Crippen molar-refractivity contribution in [2.75, 3.05) is 12.4 Å². The lowest BCUT2D eigenvalue weighted by Crippen LogP contribution is -2.61. The number of hydrogen-bond acceptors (Lipinski definition) is 11. The van der Waals surface area contributed by atoms with Crippen LogP contribution in [-0.2, 0) is 47.7 Å². The molecule has 1 saturated heterocycles. The minimum atomic E-state index is -1.19. The summed E-state index contributed by atoms with van der Waals surface area (Å²) >= 11 is 1.17. The predicted octanol–water partition coefficient (Wildman–Crippen LogP) is 0.782. The first kappa shape index (κ1) is 24.9. The monoisotopic (exact) mass is 434 g/mol. The molecule has 0 aliphatic carbocycles. The van der Waals surface area contributed by atoms with E-state index < -0.39 is 53.7 Å². The second-order valence-corrected chi connectivity index (χ2v) is 7.60. The smallest absolute Gasteiger partial charge is 0.303 e. The Kier molecular flexibility index (Phi) is 10.1. The van der Waals surface area contributed by atoms with Crippen LogP contribution in [0, 0.1) is 0 Å². The molecule has 1 heterocycles. The number of esters is 4. The van der Waals surface area contributed by atoms with Gasteiger partial charge in [-0.3, -0.25) is 24.0 Å². The Morgan fingerprint density at radius 3 is 1.76 bits per heavy atom. The molecule has 1 aliphatic heterocycles. The van der Waals surface area contributed by atoms with Crippen LogP contribution in [0.3, 0.4) is 0 Å². The van der Waals surface area contributed by atoms with Gasteiger partial charge in [-0.25, -0.2) is 0 Å². The van der Waals surface area contributed by atoms with Gasteiger partial charge in [-0.2, -0.15) is 0 Å². The third kappa shape index (κ3) is 8.82. The Labute approximate surface area is 172 Å². The lowest BCUT2D eigenvalue weighted by atomic mass is 9.99. The van der Waals surface area contributed by atoms with Gasteiger partial charge < -0.3 is 23.7 Å². The molecule has 0 aromatic rings. The number of thioether (sulfide) groups is 1. The highest BCUT2D eigenvalue weighted by Crippen LogP contribution is 2.34. The summed E-state index contributed by atoms with van der Waals surface area (Å²) < 4.78 is 26.8. The standard InChI is InChI=1S/C18H26O10S/c1-9(19)6-7-29-18-17(27-13(5)23)16(26-12(4)22)15(25-11(3)21)14(28-18)8-24-10(2)20/h14-18H,6-8H2,1-5H3/t14-,15-,16+,17-,18+/m1/s1. The van der Waals surface area contributed by atoms with Crippen LogP contribution in [0.15, 0.2) is 0 Å². The van der Waals surface area contributed by atoms with Gasteiger partial charge in [0.05, 0.1) is 0 Å². The molecule has 0 N–H and O–H groups in total. The molecule has 0 saturated carbocycles. The molecule has 1 fully saturated rings. The first-order valence-electron chi connectivity index (χ1n) is 8.92. The van der Waals surface area contributed by atoms with Crippen LogP contribution in [0.4, 0.5) is 0 Å². The maximum Gasteiger partial charge on any atom is 0.303 e. The molecule has 1 aliphatic rings. The molecule has 29 heavy (non-hydrogen) atoms. The molecule has 0 spiro atoms. The minimum absolute atomic E-state index is 0.0388. The first-order chi connectivity index (χ1) is 13.5. The van der Waals surface area contributed by atoms with Gasteiger partial charge in [0.2, 0.25) is 0 Å². The summed E-state index contributed by atoms with van der Waals surface area (Å²) in [7, 11) is 0. The Morgan fingerprint density at radius 2 is 1.28 bits per heavy atom. The van der Waals surface area contributed by atoms with E-state index in [0.717, 1.165) is 13.8 Å². The normalized spacial score (nSPS) is 26.2. The van der Waals surface area contributed by atoms with E-state index in [1.54, 1.807) is 0 Å². The predicted molar refractivity (Wildman–Crippen MR) is 99.7 cm³/mol. The number of ketones is 1. The molecule has 1 rings (SSSR count). The number of carbonyl (C=O) groups excluding carboxylic acids is 5. The van der Waals surface area contributed by atoms with Crippen molar-refractivity contribution < 1.29 is 47.7 Å². The summed E-state index contributed by atoms with van der Waals surface area (Å²) in [5.74, 6) is -2.31. The molecular weight excluding hydrogens is 408 g/mol. The first-order valence-corrected chi connectivity index (χ1v) is 9.97. The summed E-state index contributed by atoms with van der Waals surface area (Å²) in [5.41, 5.74) is -0.852. The fourth-order valence-electron chi connectivity index (χ4n) is 2.64. The Bertz CT molecular complexity index is 634. The van der Waals surface area contributed by atoms with E-state index >= 15 is 0 Å².